The summed E-state index contributed by atoms with van der Waals surface area (Å²) in [4.78, 5) is 1.92. The highest BCUT2D eigenvalue weighted by Crippen LogP contribution is 2.32. The molecule has 0 unspecified atom stereocenters. The number of rotatable bonds is 3. The molecule has 0 atom stereocenters. The molecule has 0 aliphatic rings. The van der Waals surface area contributed by atoms with Gasteiger partial charge in [0.2, 0.25) is 0 Å². The van der Waals surface area contributed by atoms with Crippen molar-refractivity contribution < 1.29 is 4.39 Å². The minimum atomic E-state index is -0.263. The molecule has 84 valence electrons. The Labute approximate surface area is 106 Å². The van der Waals surface area contributed by atoms with E-state index < -0.39 is 0 Å². The Morgan fingerprint density at radius 1 is 1.31 bits per heavy atom. The maximum atomic E-state index is 13.0. The summed E-state index contributed by atoms with van der Waals surface area (Å²) in [5.41, 5.74) is 6.35. The van der Waals surface area contributed by atoms with Crippen molar-refractivity contribution in [3.63, 3.8) is 0 Å². The molecule has 16 heavy (non-hydrogen) atoms. The highest BCUT2D eigenvalue weighted by atomic mass is 35.5. The van der Waals surface area contributed by atoms with Crippen molar-refractivity contribution >= 4 is 40.4 Å². The largest absolute Gasteiger partial charge is 0.398 e. The molecule has 0 saturated carbocycles. The number of thiophene rings is 1. The first-order valence-electron chi connectivity index (χ1n) is 4.57. The molecule has 2 aromatic rings. The van der Waals surface area contributed by atoms with E-state index in [0.29, 0.717) is 5.69 Å². The predicted octanol–water partition coefficient (Wildman–Crippen LogP) is 4.42. The van der Waals surface area contributed by atoms with Crippen LogP contribution in [0.5, 0.6) is 0 Å². The first-order valence-corrected chi connectivity index (χ1v) is 6.75. The number of hydrogen-bond donors (Lipinski definition) is 1. The molecule has 0 aliphatic carbocycles. The minimum absolute atomic E-state index is 0.263. The normalized spacial score (nSPS) is 10.6. The van der Waals surface area contributed by atoms with Gasteiger partial charge in [0.1, 0.15) is 5.82 Å². The molecular weight excluding hydrogens is 265 g/mol. The first kappa shape index (κ1) is 11.8. The quantitative estimate of drug-likeness (QED) is 0.662. The number of halogens is 2. The van der Waals surface area contributed by atoms with Gasteiger partial charge >= 0.3 is 0 Å². The van der Waals surface area contributed by atoms with Gasteiger partial charge in [-0.25, -0.2) is 4.39 Å². The smallest absolute Gasteiger partial charge is 0.124 e. The van der Waals surface area contributed by atoms with E-state index in [1.165, 1.54) is 35.2 Å². The van der Waals surface area contributed by atoms with Crippen LogP contribution in [0.4, 0.5) is 10.1 Å². The lowest BCUT2D eigenvalue weighted by atomic mass is 10.3. The zero-order valence-corrected chi connectivity index (χ0v) is 10.6. The maximum Gasteiger partial charge on any atom is 0.124 e. The van der Waals surface area contributed by atoms with E-state index in [1.807, 2.05) is 12.1 Å². The third kappa shape index (κ3) is 2.90. The van der Waals surface area contributed by atoms with Gasteiger partial charge in [-0.05, 0) is 30.3 Å². The summed E-state index contributed by atoms with van der Waals surface area (Å²) in [5.74, 6) is 0.492. The molecule has 0 saturated heterocycles. The average Bonchev–Trinajstić information content (AvgIpc) is 2.66. The molecule has 1 nitrogen and oxygen atoms in total. The number of benzene rings is 1. The Morgan fingerprint density at radius 3 is 2.81 bits per heavy atom. The third-order valence-electron chi connectivity index (χ3n) is 1.97. The zero-order valence-electron chi connectivity index (χ0n) is 8.24. The second kappa shape index (κ2) is 5.08. The summed E-state index contributed by atoms with van der Waals surface area (Å²) < 4.78 is 13.8. The van der Waals surface area contributed by atoms with Gasteiger partial charge in [0.05, 0.1) is 4.34 Å². The molecule has 0 fully saturated rings. The predicted molar refractivity (Wildman–Crippen MR) is 69.7 cm³/mol. The Kier molecular flexibility index (Phi) is 3.74. The molecule has 5 heteroatoms. The van der Waals surface area contributed by atoms with Crippen LogP contribution in [-0.2, 0) is 5.75 Å². The summed E-state index contributed by atoms with van der Waals surface area (Å²) in [7, 11) is 0. The fourth-order valence-corrected chi connectivity index (χ4v) is 3.33. The lowest BCUT2D eigenvalue weighted by molar-refractivity contribution is 0.624. The van der Waals surface area contributed by atoms with Gasteiger partial charge in [-0.3, -0.25) is 0 Å². The van der Waals surface area contributed by atoms with Crippen molar-refractivity contribution in [1.82, 2.24) is 0 Å². The van der Waals surface area contributed by atoms with E-state index >= 15 is 0 Å². The van der Waals surface area contributed by atoms with Crippen LogP contribution in [0.25, 0.3) is 0 Å². The third-order valence-corrected chi connectivity index (χ3v) is 4.51. The molecule has 0 amide bonds. The van der Waals surface area contributed by atoms with Crippen LogP contribution in [0.15, 0.2) is 35.2 Å². The topological polar surface area (TPSA) is 26.0 Å². The Morgan fingerprint density at radius 2 is 2.12 bits per heavy atom. The summed E-state index contributed by atoms with van der Waals surface area (Å²) in [6.07, 6.45) is 0. The molecule has 0 bridgehead atoms. The first-order chi connectivity index (χ1) is 7.65. The van der Waals surface area contributed by atoms with E-state index in [0.717, 1.165) is 19.9 Å². The molecule has 2 rings (SSSR count). The summed E-state index contributed by atoms with van der Waals surface area (Å²) >= 11 is 8.86. The van der Waals surface area contributed by atoms with Crippen LogP contribution >= 0.6 is 34.7 Å². The highest BCUT2D eigenvalue weighted by Gasteiger charge is 2.04. The summed E-state index contributed by atoms with van der Waals surface area (Å²) in [6.45, 7) is 0. The van der Waals surface area contributed by atoms with Crippen molar-refractivity contribution in [1.29, 1.82) is 0 Å². The van der Waals surface area contributed by atoms with Gasteiger partial charge < -0.3 is 5.73 Å². The fourth-order valence-electron chi connectivity index (χ4n) is 1.21. The van der Waals surface area contributed by atoms with Crippen molar-refractivity contribution in [2.75, 3.05) is 5.73 Å². The molecule has 0 spiro atoms. The molecule has 2 N–H and O–H groups in total. The number of nitrogen functional groups attached to an aromatic ring is 1. The van der Waals surface area contributed by atoms with Crippen LogP contribution in [0.3, 0.4) is 0 Å². The fraction of sp³-hybridized carbons (Fsp3) is 0.0909. The second-order valence-electron chi connectivity index (χ2n) is 3.18. The van der Waals surface area contributed by atoms with Gasteiger partial charge in [-0.2, -0.15) is 0 Å². The number of thioether (sulfide) groups is 1. The Balaban J connectivity index is 2.07. The van der Waals surface area contributed by atoms with Crippen LogP contribution < -0.4 is 5.73 Å². The van der Waals surface area contributed by atoms with Gasteiger partial charge in [-0.15, -0.1) is 23.1 Å². The number of nitrogens with two attached hydrogens (primary N) is 1. The number of hydrogen-bond acceptors (Lipinski definition) is 3. The van der Waals surface area contributed by atoms with E-state index in [4.69, 9.17) is 17.3 Å². The molecule has 1 aromatic carbocycles. The molecule has 0 radical (unpaired) electrons. The van der Waals surface area contributed by atoms with Crippen molar-refractivity contribution in [3.05, 3.63) is 45.4 Å². The Bertz CT molecular complexity index is 498. The monoisotopic (exact) mass is 273 g/mol. The van der Waals surface area contributed by atoms with E-state index in [9.17, 15) is 4.39 Å². The summed E-state index contributed by atoms with van der Waals surface area (Å²) in [5, 5.41) is 0. The molecule has 0 aliphatic heterocycles. The van der Waals surface area contributed by atoms with Gasteiger partial charge in [-0.1, -0.05) is 11.6 Å². The lowest BCUT2D eigenvalue weighted by Crippen LogP contribution is -1.89. The minimum Gasteiger partial charge on any atom is -0.398 e. The highest BCUT2D eigenvalue weighted by molar-refractivity contribution is 7.98. The lowest BCUT2D eigenvalue weighted by Gasteiger charge is -2.04. The second-order valence-corrected chi connectivity index (χ2v) is 5.99. The SMILES string of the molecule is Nc1ccc(F)cc1SCc1ccc(Cl)s1. The van der Waals surface area contributed by atoms with E-state index in [2.05, 4.69) is 0 Å². The van der Waals surface area contributed by atoms with Crippen LogP contribution in [0.2, 0.25) is 4.34 Å². The van der Waals surface area contributed by atoms with Crippen LogP contribution in [0, 0.1) is 5.82 Å². The van der Waals surface area contributed by atoms with Crippen molar-refractivity contribution in [3.8, 4) is 0 Å². The molecular formula is C11H9ClFNS2. The zero-order chi connectivity index (χ0) is 11.5. The molecule has 1 aromatic heterocycles. The maximum absolute atomic E-state index is 13.0. The van der Waals surface area contributed by atoms with Crippen molar-refractivity contribution in [2.45, 2.75) is 10.6 Å². The Hall–Kier alpha value is -0.710. The van der Waals surface area contributed by atoms with Gasteiger partial charge in [0.15, 0.2) is 0 Å². The van der Waals surface area contributed by atoms with Crippen LogP contribution in [0.1, 0.15) is 4.88 Å². The van der Waals surface area contributed by atoms with Gasteiger partial charge in [0.25, 0.3) is 0 Å². The molecule has 1 heterocycles. The van der Waals surface area contributed by atoms with E-state index in [-0.39, 0.29) is 5.82 Å². The standard InChI is InChI=1S/C11H9ClFNS2/c12-11-4-2-8(16-11)6-15-10-5-7(13)1-3-9(10)14/h1-5H,6,14H2. The van der Waals surface area contributed by atoms with Gasteiger partial charge in [0, 0.05) is 21.2 Å². The average molecular weight is 274 g/mol. The van der Waals surface area contributed by atoms with Crippen molar-refractivity contribution in [2.24, 2.45) is 0 Å². The van der Waals surface area contributed by atoms with E-state index in [1.54, 1.807) is 6.07 Å². The number of anilines is 1. The summed E-state index contributed by atoms with van der Waals surface area (Å²) in [6, 6.07) is 8.22. The van der Waals surface area contributed by atoms with Crippen LogP contribution in [-0.4, -0.2) is 0 Å².